The van der Waals surface area contributed by atoms with Gasteiger partial charge in [0.2, 0.25) is 0 Å². The van der Waals surface area contributed by atoms with Gasteiger partial charge in [-0.15, -0.1) is 0 Å². The number of carbonyl (C=O) groups is 1. The molecule has 0 saturated carbocycles. The van der Waals surface area contributed by atoms with Crippen LogP contribution in [0.1, 0.15) is 33.5 Å². The molecule has 0 aliphatic carbocycles. The highest BCUT2D eigenvalue weighted by molar-refractivity contribution is 5.85. The zero-order chi connectivity index (χ0) is 13.1. The number of aromatic nitrogens is 2. The Morgan fingerprint density at radius 1 is 1.53 bits per heavy atom. The Morgan fingerprint density at radius 2 is 2.18 bits per heavy atom. The molecule has 1 aromatic rings. The lowest BCUT2D eigenvalue weighted by Crippen LogP contribution is -2.37. The molecule has 4 nitrogen and oxygen atoms in total. The molecule has 4 heteroatoms. The number of aryl methyl sites for hydroxylation is 1. The number of ketones is 1. The Kier molecular flexibility index (Phi) is 4.46. The molecule has 0 saturated heterocycles. The number of imidazole rings is 1. The SMILES string of the molecule is CCn1ccnc1CC(=O)C(OC)C(C)(C)C. The highest BCUT2D eigenvalue weighted by Gasteiger charge is 2.31. The highest BCUT2D eigenvalue weighted by Crippen LogP contribution is 2.23. The van der Waals surface area contributed by atoms with Gasteiger partial charge in [0.25, 0.3) is 0 Å². The van der Waals surface area contributed by atoms with E-state index in [1.165, 1.54) is 0 Å². The zero-order valence-electron chi connectivity index (χ0n) is 11.4. The lowest BCUT2D eigenvalue weighted by molar-refractivity contribution is -0.134. The van der Waals surface area contributed by atoms with Gasteiger partial charge in [-0.25, -0.2) is 4.98 Å². The van der Waals surface area contributed by atoms with Crippen molar-refractivity contribution in [1.82, 2.24) is 9.55 Å². The largest absolute Gasteiger partial charge is 0.373 e. The fourth-order valence-electron chi connectivity index (χ4n) is 2.01. The van der Waals surface area contributed by atoms with Crippen molar-refractivity contribution < 1.29 is 9.53 Å². The fraction of sp³-hybridized carbons (Fsp3) is 0.692. The van der Waals surface area contributed by atoms with Gasteiger partial charge >= 0.3 is 0 Å². The van der Waals surface area contributed by atoms with Gasteiger partial charge in [0, 0.05) is 26.0 Å². The molecule has 0 spiro atoms. The van der Waals surface area contributed by atoms with Crippen molar-refractivity contribution in [2.45, 2.75) is 46.8 Å². The van der Waals surface area contributed by atoms with Gasteiger partial charge in [0.15, 0.2) is 5.78 Å². The molecular formula is C13H22N2O2. The highest BCUT2D eigenvalue weighted by atomic mass is 16.5. The molecule has 1 rings (SSSR count). The van der Waals surface area contributed by atoms with Crippen molar-refractivity contribution in [3.05, 3.63) is 18.2 Å². The lowest BCUT2D eigenvalue weighted by Gasteiger charge is -2.27. The molecule has 0 aliphatic heterocycles. The Bertz CT molecular complexity index is 377. The quantitative estimate of drug-likeness (QED) is 0.789. The maximum atomic E-state index is 12.2. The zero-order valence-corrected chi connectivity index (χ0v) is 11.4. The van der Waals surface area contributed by atoms with Gasteiger partial charge in [-0.1, -0.05) is 20.8 Å². The predicted octanol–water partition coefficient (Wildman–Crippen LogP) is 2.08. The van der Waals surface area contributed by atoms with Crippen LogP contribution in [0.25, 0.3) is 0 Å². The molecule has 1 aromatic heterocycles. The summed E-state index contributed by atoms with van der Waals surface area (Å²) in [5, 5.41) is 0. The Labute approximate surface area is 103 Å². The first-order valence-corrected chi connectivity index (χ1v) is 5.95. The van der Waals surface area contributed by atoms with Gasteiger partial charge < -0.3 is 9.30 Å². The summed E-state index contributed by atoms with van der Waals surface area (Å²) in [4.78, 5) is 16.4. The van der Waals surface area contributed by atoms with Gasteiger partial charge in [0.05, 0.1) is 6.42 Å². The molecule has 96 valence electrons. The summed E-state index contributed by atoms with van der Waals surface area (Å²) in [7, 11) is 1.58. The molecule has 0 aliphatic rings. The smallest absolute Gasteiger partial charge is 0.169 e. The minimum atomic E-state index is -0.385. The molecule has 0 bridgehead atoms. The number of ether oxygens (including phenoxy) is 1. The Balaban J connectivity index is 2.78. The van der Waals surface area contributed by atoms with Crippen molar-refractivity contribution in [1.29, 1.82) is 0 Å². The first-order chi connectivity index (χ1) is 7.90. The molecular weight excluding hydrogens is 216 g/mol. The van der Waals surface area contributed by atoms with Crippen LogP contribution < -0.4 is 0 Å². The van der Waals surface area contributed by atoms with Crippen LogP contribution in [0.3, 0.4) is 0 Å². The molecule has 1 atom stereocenters. The number of Topliss-reactive ketones (excluding diaryl/α,β-unsaturated/α-hetero) is 1. The Hall–Kier alpha value is -1.16. The predicted molar refractivity (Wildman–Crippen MR) is 66.9 cm³/mol. The minimum Gasteiger partial charge on any atom is -0.373 e. The fourth-order valence-corrected chi connectivity index (χ4v) is 2.01. The van der Waals surface area contributed by atoms with E-state index in [9.17, 15) is 4.79 Å². The third-order valence-electron chi connectivity index (χ3n) is 2.79. The maximum absolute atomic E-state index is 12.2. The summed E-state index contributed by atoms with van der Waals surface area (Å²) in [6.07, 6.45) is 3.56. The van der Waals surface area contributed by atoms with Gasteiger partial charge in [-0.05, 0) is 12.3 Å². The summed E-state index contributed by atoms with van der Waals surface area (Å²) in [6.45, 7) is 8.88. The standard InChI is InChI=1S/C13H22N2O2/c1-6-15-8-7-14-11(15)9-10(16)12(17-5)13(2,3)4/h7-8,12H,6,9H2,1-5H3. The second kappa shape index (κ2) is 5.45. The third-order valence-corrected chi connectivity index (χ3v) is 2.79. The molecule has 0 N–H and O–H groups in total. The van der Waals surface area contributed by atoms with Crippen LogP contribution in [0.15, 0.2) is 12.4 Å². The number of rotatable bonds is 5. The van der Waals surface area contributed by atoms with E-state index in [2.05, 4.69) is 4.98 Å². The van der Waals surface area contributed by atoms with Crippen LogP contribution in [-0.2, 0) is 22.5 Å². The molecule has 1 heterocycles. The van der Waals surface area contributed by atoms with Gasteiger partial charge in [-0.3, -0.25) is 4.79 Å². The van der Waals surface area contributed by atoms with Crippen LogP contribution >= 0.6 is 0 Å². The molecule has 0 radical (unpaired) electrons. The van der Waals surface area contributed by atoms with Crippen LogP contribution in [0.4, 0.5) is 0 Å². The van der Waals surface area contributed by atoms with Crippen LogP contribution in [0.5, 0.6) is 0 Å². The molecule has 0 amide bonds. The summed E-state index contributed by atoms with van der Waals surface area (Å²) in [5.41, 5.74) is -0.185. The number of nitrogens with zero attached hydrogens (tertiary/aromatic N) is 2. The molecule has 17 heavy (non-hydrogen) atoms. The summed E-state index contributed by atoms with van der Waals surface area (Å²) in [5.74, 6) is 0.893. The van der Waals surface area contributed by atoms with E-state index in [-0.39, 0.29) is 17.3 Å². The van der Waals surface area contributed by atoms with E-state index in [1.807, 2.05) is 38.5 Å². The van der Waals surface area contributed by atoms with Crippen molar-refractivity contribution in [2.24, 2.45) is 5.41 Å². The van der Waals surface area contributed by atoms with E-state index in [1.54, 1.807) is 13.3 Å². The second-order valence-electron chi connectivity index (χ2n) is 5.25. The summed E-state index contributed by atoms with van der Waals surface area (Å²) < 4.78 is 7.29. The van der Waals surface area contributed by atoms with Crippen molar-refractivity contribution in [2.75, 3.05) is 7.11 Å². The molecule has 0 fully saturated rings. The average Bonchev–Trinajstić information content (AvgIpc) is 2.63. The van der Waals surface area contributed by atoms with E-state index in [4.69, 9.17) is 4.74 Å². The molecule has 0 aromatic carbocycles. The monoisotopic (exact) mass is 238 g/mol. The number of hydrogen-bond donors (Lipinski definition) is 0. The van der Waals surface area contributed by atoms with E-state index < -0.39 is 0 Å². The second-order valence-corrected chi connectivity index (χ2v) is 5.25. The first-order valence-electron chi connectivity index (χ1n) is 5.95. The van der Waals surface area contributed by atoms with E-state index in [0.717, 1.165) is 12.4 Å². The summed E-state index contributed by atoms with van der Waals surface area (Å²) in [6, 6.07) is 0. The number of carbonyl (C=O) groups excluding carboxylic acids is 1. The third kappa shape index (κ3) is 3.40. The lowest BCUT2D eigenvalue weighted by atomic mass is 9.85. The van der Waals surface area contributed by atoms with Crippen molar-refractivity contribution in [3.8, 4) is 0 Å². The van der Waals surface area contributed by atoms with E-state index >= 15 is 0 Å². The average molecular weight is 238 g/mol. The van der Waals surface area contributed by atoms with Crippen LogP contribution in [0.2, 0.25) is 0 Å². The summed E-state index contributed by atoms with van der Waals surface area (Å²) >= 11 is 0. The number of methoxy groups -OCH3 is 1. The Morgan fingerprint density at radius 3 is 2.65 bits per heavy atom. The minimum absolute atomic E-state index is 0.0842. The first kappa shape index (κ1) is 13.9. The normalized spacial score (nSPS) is 13.7. The van der Waals surface area contributed by atoms with Crippen molar-refractivity contribution in [3.63, 3.8) is 0 Å². The maximum Gasteiger partial charge on any atom is 0.169 e. The number of hydrogen-bond acceptors (Lipinski definition) is 3. The van der Waals surface area contributed by atoms with Gasteiger partial charge in [-0.2, -0.15) is 0 Å². The topological polar surface area (TPSA) is 44.1 Å². The molecule has 1 unspecified atom stereocenters. The van der Waals surface area contributed by atoms with Crippen LogP contribution in [0, 0.1) is 5.41 Å². The van der Waals surface area contributed by atoms with E-state index in [0.29, 0.717) is 6.42 Å². The van der Waals surface area contributed by atoms with Crippen LogP contribution in [-0.4, -0.2) is 28.5 Å². The van der Waals surface area contributed by atoms with Gasteiger partial charge in [0.1, 0.15) is 11.9 Å². The van der Waals surface area contributed by atoms with Crippen molar-refractivity contribution >= 4 is 5.78 Å².